The van der Waals surface area contributed by atoms with E-state index in [4.69, 9.17) is 4.74 Å². The molecule has 1 aliphatic carbocycles. The number of carbonyl (C=O) groups is 2. The van der Waals surface area contributed by atoms with Gasteiger partial charge in [-0.15, -0.1) is 0 Å². The molecule has 3 rings (SSSR count). The number of ketones is 1. The van der Waals surface area contributed by atoms with Crippen LogP contribution in [0.15, 0.2) is 36.4 Å². The number of methoxy groups -OCH3 is 1. The summed E-state index contributed by atoms with van der Waals surface area (Å²) in [5.41, 5.74) is 5.40. The van der Waals surface area contributed by atoms with Crippen molar-refractivity contribution in [3.63, 3.8) is 0 Å². The second kappa shape index (κ2) is 7.90. The van der Waals surface area contributed by atoms with Crippen LogP contribution in [0.3, 0.4) is 0 Å². The Morgan fingerprint density at radius 2 is 1.43 bits per heavy atom. The van der Waals surface area contributed by atoms with Gasteiger partial charge in [-0.1, -0.05) is 39.8 Å². The van der Waals surface area contributed by atoms with E-state index in [0.717, 1.165) is 30.6 Å². The minimum absolute atomic E-state index is 0.0244. The van der Waals surface area contributed by atoms with Crippen molar-refractivity contribution in [3.05, 3.63) is 64.2 Å². The standard InChI is InChI=1S/C26H33NO3/c1-8-27(6)22-16-21-20(25(2,3)13-14-26(21,4)5)15-19(22)23(28)17-9-11-18(12-10-17)24(29)30-7/h9-12,15-16H,8,13-14H2,1-7H3. The van der Waals surface area contributed by atoms with Crippen molar-refractivity contribution in [2.75, 3.05) is 25.6 Å². The Labute approximate surface area is 180 Å². The van der Waals surface area contributed by atoms with Crippen molar-refractivity contribution in [2.24, 2.45) is 0 Å². The summed E-state index contributed by atoms with van der Waals surface area (Å²) >= 11 is 0. The molecule has 0 spiro atoms. The van der Waals surface area contributed by atoms with Gasteiger partial charge in [-0.3, -0.25) is 4.79 Å². The van der Waals surface area contributed by atoms with Crippen LogP contribution in [0.25, 0.3) is 0 Å². The monoisotopic (exact) mass is 407 g/mol. The number of hydrogen-bond donors (Lipinski definition) is 0. The highest BCUT2D eigenvalue weighted by atomic mass is 16.5. The van der Waals surface area contributed by atoms with Crippen LogP contribution < -0.4 is 4.90 Å². The van der Waals surface area contributed by atoms with E-state index in [1.54, 1.807) is 24.3 Å². The first-order valence-corrected chi connectivity index (χ1v) is 10.6. The lowest BCUT2D eigenvalue weighted by atomic mass is 9.62. The van der Waals surface area contributed by atoms with Crippen molar-refractivity contribution in [1.29, 1.82) is 0 Å². The Hall–Kier alpha value is -2.62. The first-order chi connectivity index (χ1) is 14.0. The molecule has 0 aliphatic heterocycles. The van der Waals surface area contributed by atoms with Crippen molar-refractivity contribution in [2.45, 2.75) is 58.3 Å². The van der Waals surface area contributed by atoms with Gasteiger partial charge in [0.1, 0.15) is 0 Å². The topological polar surface area (TPSA) is 46.6 Å². The number of hydrogen-bond acceptors (Lipinski definition) is 4. The molecule has 0 N–H and O–H groups in total. The van der Waals surface area contributed by atoms with Gasteiger partial charge in [-0.25, -0.2) is 4.79 Å². The van der Waals surface area contributed by atoms with Crippen molar-refractivity contribution in [1.82, 2.24) is 0 Å². The van der Waals surface area contributed by atoms with Gasteiger partial charge in [0.15, 0.2) is 5.78 Å². The molecule has 0 atom stereocenters. The fourth-order valence-corrected chi connectivity index (χ4v) is 4.30. The molecule has 0 unspecified atom stereocenters. The fourth-order valence-electron chi connectivity index (χ4n) is 4.30. The number of anilines is 1. The van der Waals surface area contributed by atoms with Crippen LogP contribution >= 0.6 is 0 Å². The maximum atomic E-state index is 13.6. The summed E-state index contributed by atoms with van der Waals surface area (Å²) in [6, 6.07) is 11.1. The molecule has 2 aromatic rings. The largest absolute Gasteiger partial charge is 0.465 e. The van der Waals surface area contributed by atoms with E-state index < -0.39 is 5.97 Å². The lowest BCUT2D eigenvalue weighted by molar-refractivity contribution is 0.0600. The van der Waals surface area contributed by atoms with Crippen LogP contribution in [-0.4, -0.2) is 32.5 Å². The van der Waals surface area contributed by atoms with Crippen LogP contribution in [-0.2, 0) is 15.6 Å². The Morgan fingerprint density at radius 1 is 0.933 bits per heavy atom. The predicted molar refractivity (Wildman–Crippen MR) is 122 cm³/mol. The SMILES string of the molecule is CCN(C)c1cc2c(cc1C(=O)c1ccc(C(=O)OC)cc1)C(C)(C)CCC2(C)C. The molecule has 160 valence electrons. The first kappa shape index (κ1) is 22.1. The normalized spacial score (nSPS) is 16.5. The summed E-state index contributed by atoms with van der Waals surface area (Å²) in [6.07, 6.45) is 2.22. The molecule has 0 amide bonds. The third-order valence-electron chi connectivity index (χ3n) is 6.67. The third-order valence-corrected chi connectivity index (χ3v) is 6.67. The molecule has 4 heteroatoms. The average molecular weight is 408 g/mol. The van der Waals surface area contributed by atoms with Gasteiger partial charge in [0, 0.05) is 30.4 Å². The molecule has 0 aromatic heterocycles. The Bertz CT molecular complexity index is 971. The summed E-state index contributed by atoms with van der Waals surface area (Å²) in [5.74, 6) is -0.429. The molecule has 0 heterocycles. The van der Waals surface area contributed by atoms with Crippen LogP contribution in [0.4, 0.5) is 5.69 Å². The second-order valence-corrected chi connectivity index (χ2v) is 9.59. The van der Waals surface area contributed by atoms with Crippen LogP contribution in [0.2, 0.25) is 0 Å². The lowest BCUT2D eigenvalue weighted by Gasteiger charge is -2.43. The number of ether oxygens (including phenoxy) is 1. The molecule has 0 bridgehead atoms. The van der Waals surface area contributed by atoms with Gasteiger partial charge in [-0.2, -0.15) is 0 Å². The molecule has 0 saturated heterocycles. The van der Waals surface area contributed by atoms with Crippen LogP contribution in [0, 0.1) is 0 Å². The van der Waals surface area contributed by atoms with Crippen molar-refractivity contribution in [3.8, 4) is 0 Å². The summed E-state index contributed by atoms with van der Waals surface area (Å²) in [4.78, 5) is 27.4. The minimum atomic E-state index is -0.404. The van der Waals surface area contributed by atoms with Gasteiger partial charge >= 0.3 is 5.97 Å². The highest BCUT2D eigenvalue weighted by Gasteiger charge is 2.38. The molecular formula is C26H33NO3. The highest BCUT2D eigenvalue weighted by molar-refractivity contribution is 6.13. The zero-order valence-electron chi connectivity index (χ0n) is 19.3. The molecule has 2 aromatic carbocycles. The van der Waals surface area contributed by atoms with E-state index in [2.05, 4.69) is 51.7 Å². The first-order valence-electron chi connectivity index (χ1n) is 10.6. The molecular weight excluding hydrogens is 374 g/mol. The van der Waals surface area contributed by atoms with Gasteiger partial charge in [-0.05, 0) is 66.0 Å². The fraction of sp³-hybridized carbons (Fsp3) is 0.462. The van der Waals surface area contributed by atoms with Gasteiger partial charge in [0.25, 0.3) is 0 Å². The zero-order chi connectivity index (χ0) is 22.3. The Morgan fingerprint density at radius 3 is 1.93 bits per heavy atom. The van der Waals surface area contributed by atoms with E-state index in [9.17, 15) is 9.59 Å². The van der Waals surface area contributed by atoms with E-state index in [1.807, 2.05) is 7.05 Å². The van der Waals surface area contributed by atoms with Crippen molar-refractivity contribution < 1.29 is 14.3 Å². The van der Waals surface area contributed by atoms with E-state index >= 15 is 0 Å². The number of fused-ring (bicyclic) bond motifs is 1. The molecule has 0 saturated carbocycles. The van der Waals surface area contributed by atoms with Gasteiger partial charge in [0.2, 0.25) is 0 Å². The lowest BCUT2D eigenvalue weighted by Crippen LogP contribution is -2.35. The number of nitrogens with zero attached hydrogens (tertiary/aromatic N) is 1. The highest BCUT2D eigenvalue weighted by Crippen LogP contribution is 2.47. The predicted octanol–water partition coefficient (Wildman–Crippen LogP) is 5.51. The van der Waals surface area contributed by atoms with Crippen LogP contribution in [0.1, 0.15) is 84.9 Å². The van der Waals surface area contributed by atoms with E-state index in [0.29, 0.717) is 11.1 Å². The maximum Gasteiger partial charge on any atom is 0.337 e. The summed E-state index contributed by atoms with van der Waals surface area (Å²) < 4.78 is 4.76. The quantitative estimate of drug-likeness (QED) is 0.484. The van der Waals surface area contributed by atoms with E-state index in [-0.39, 0.29) is 16.6 Å². The summed E-state index contributed by atoms with van der Waals surface area (Å²) in [7, 11) is 3.38. The van der Waals surface area contributed by atoms with Gasteiger partial charge in [0.05, 0.1) is 12.7 Å². The molecule has 30 heavy (non-hydrogen) atoms. The minimum Gasteiger partial charge on any atom is -0.465 e. The average Bonchev–Trinajstić information content (AvgIpc) is 2.74. The number of esters is 1. The van der Waals surface area contributed by atoms with Gasteiger partial charge < -0.3 is 9.64 Å². The van der Waals surface area contributed by atoms with E-state index in [1.165, 1.54) is 18.2 Å². The number of rotatable bonds is 5. The zero-order valence-corrected chi connectivity index (χ0v) is 19.3. The molecule has 0 radical (unpaired) electrons. The summed E-state index contributed by atoms with van der Waals surface area (Å²) in [5, 5.41) is 0. The molecule has 1 aliphatic rings. The van der Waals surface area contributed by atoms with Crippen molar-refractivity contribution >= 4 is 17.4 Å². The number of carbonyl (C=O) groups excluding carboxylic acids is 2. The Balaban J connectivity index is 2.16. The summed E-state index contributed by atoms with van der Waals surface area (Å²) in [6.45, 7) is 12.0. The number of benzene rings is 2. The molecule has 0 fully saturated rings. The van der Waals surface area contributed by atoms with Crippen LogP contribution in [0.5, 0.6) is 0 Å². The Kier molecular flexibility index (Phi) is 5.81. The second-order valence-electron chi connectivity index (χ2n) is 9.59. The third kappa shape index (κ3) is 3.88. The molecule has 4 nitrogen and oxygen atoms in total. The smallest absolute Gasteiger partial charge is 0.337 e. The maximum absolute atomic E-state index is 13.6.